The van der Waals surface area contributed by atoms with Crippen LogP contribution in [0.3, 0.4) is 0 Å². The molecule has 2 atom stereocenters. The molecule has 1 fully saturated rings. The fourth-order valence-electron chi connectivity index (χ4n) is 3.80. The highest BCUT2D eigenvalue weighted by atomic mass is 35.5. The van der Waals surface area contributed by atoms with Crippen molar-refractivity contribution in [3.8, 4) is 11.3 Å². The topological polar surface area (TPSA) is 67.6 Å². The third-order valence-corrected chi connectivity index (χ3v) is 6.20. The number of benzene rings is 1. The van der Waals surface area contributed by atoms with E-state index < -0.39 is 0 Å². The fourth-order valence-corrected chi connectivity index (χ4v) is 4.31. The molecule has 0 spiro atoms. The first-order chi connectivity index (χ1) is 15.0. The highest BCUT2D eigenvalue weighted by molar-refractivity contribution is 7.80. The van der Waals surface area contributed by atoms with Gasteiger partial charge in [-0.2, -0.15) is 0 Å². The summed E-state index contributed by atoms with van der Waals surface area (Å²) in [7, 11) is 1.38. The molecule has 160 valence electrons. The number of nitrogens with one attached hydrogen (secondary N) is 1. The molecule has 1 aliphatic rings. The first-order valence-electron chi connectivity index (χ1n) is 9.89. The van der Waals surface area contributed by atoms with Crippen LogP contribution in [0.15, 0.2) is 59.1 Å². The number of hydrogen-bond acceptors (Lipinski definition) is 5. The zero-order chi connectivity index (χ0) is 22.0. The predicted molar refractivity (Wildman–Crippen MR) is 123 cm³/mol. The van der Waals surface area contributed by atoms with Gasteiger partial charge in [-0.3, -0.25) is 9.78 Å². The van der Waals surface area contributed by atoms with E-state index in [0.717, 1.165) is 28.3 Å². The molecule has 31 heavy (non-hydrogen) atoms. The summed E-state index contributed by atoms with van der Waals surface area (Å²) in [6, 6.07) is 14.9. The molecular weight excluding hydrogens is 434 g/mol. The largest absolute Gasteiger partial charge is 0.469 e. The minimum Gasteiger partial charge on any atom is -0.469 e. The Hall–Kier alpha value is -2.90. The minimum absolute atomic E-state index is 0.213. The van der Waals surface area contributed by atoms with Crippen LogP contribution < -0.4 is 5.32 Å². The van der Waals surface area contributed by atoms with Crippen molar-refractivity contribution in [2.75, 3.05) is 13.7 Å². The van der Waals surface area contributed by atoms with E-state index in [9.17, 15) is 4.79 Å². The molecule has 1 saturated heterocycles. The van der Waals surface area contributed by atoms with Crippen molar-refractivity contribution in [3.05, 3.63) is 76.8 Å². The molecule has 2 unspecified atom stereocenters. The van der Waals surface area contributed by atoms with Gasteiger partial charge in [0.1, 0.15) is 17.6 Å². The molecule has 2 aromatic heterocycles. The number of nitrogens with zero attached hydrogens (tertiary/aromatic N) is 2. The van der Waals surface area contributed by atoms with Gasteiger partial charge in [0, 0.05) is 23.3 Å². The van der Waals surface area contributed by atoms with Gasteiger partial charge in [-0.05, 0) is 55.0 Å². The van der Waals surface area contributed by atoms with E-state index in [2.05, 4.69) is 10.3 Å². The number of carbonyl (C=O) groups excluding carboxylic acids is 1. The SMILES string of the molecule is COC(=O)CCN1C(=S)NC(c2ccccn2)C1c1ccc(-c2cccc(Cl)c2C)o1. The van der Waals surface area contributed by atoms with Gasteiger partial charge in [0.25, 0.3) is 0 Å². The van der Waals surface area contributed by atoms with Gasteiger partial charge in [0.05, 0.1) is 25.3 Å². The van der Waals surface area contributed by atoms with Gasteiger partial charge in [0.15, 0.2) is 5.11 Å². The summed E-state index contributed by atoms with van der Waals surface area (Å²) in [5, 5.41) is 4.57. The molecule has 8 heteroatoms. The van der Waals surface area contributed by atoms with Crippen molar-refractivity contribution in [2.45, 2.75) is 25.4 Å². The van der Waals surface area contributed by atoms with E-state index in [0.29, 0.717) is 16.7 Å². The molecule has 0 aliphatic carbocycles. The van der Waals surface area contributed by atoms with E-state index in [1.54, 1.807) is 6.20 Å². The van der Waals surface area contributed by atoms with Crippen LogP contribution >= 0.6 is 23.8 Å². The summed E-state index contributed by atoms with van der Waals surface area (Å²) in [5.41, 5.74) is 2.73. The number of aromatic nitrogens is 1. The molecule has 3 heterocycles. The number of thiocarbonyl (C=S) groups is 1. The van der Waals surface area contributed by atoms with Crippen LogP contribution in [0.25, 0.3) is 11.3 Å². The van der Waals surface area contributed by atoms with Crippen molar-refractivity contribution < 1.29 is 13.9 Å². The van der Waals surface area contributed by atoms with Crippen molar-refractivity contribution in [1.29, 1.82) is 0 Å². The standard InChI is InChI=1S/C23H22ClN3O3S/c1-14-15(6-5-7-16(14)24)18-9-10-19(30-18)22-21(17-8-3-4-12-25-17)26-23(31)27(22)13-11-20(28)29-2/h3-10,12,21-22H,11,13H2,1-2H3,(H,26,31). The first-order valence-corrected chi connectivity index (χ1v) is 10.7. The van der Waals surface area contributed by atoms with Gasteiger partial charge in [-0.15, -0.1) is 0 Å². The summed E-state index contributed by atoms with van der Waals surface area (Å²) < 4.78 is 11.1. The molecular formula is C23H22ClN3O3S. The van der Waals surface area contributed by atoms with Gasteiger partial charge in [-0.25, -0.2) is 0 Å². The van der Waals surface area contributed by atoms with Gasteiger partial charge in [-0.1, -0.05) is 29.8 Å². The maximum absolute atomic E-state index is 11.8. The van der Waals surface area contributed by atoms with Crippen LogP contribution in [0.5, 0.6) is 0 Å². The van der Waals surface area contributed by atoms with Crippen LogP contribution in [0, 0.1) is 6.92 Å². The summed E-state index contributed by atoms with van der Waals surface area (Å²) >= 11 is 11.9. The van der Waals surface area contributed by atoms with E-state index in [1.165, 1.54) is 7.11 Å². The first kappa shape index (κ1) is 21.3. The lowest BCUT2D eigenvalue weighted by molar-refractivity contribution is -0.140. The van der Waals surface area contributed by atoms with E-state index in [1.807, 2.05) is 60.4 Å². The summed E-state index contributed by atoms with van der Waals surface area (Å²) in [4.78, 5) is 18.2. The van der Waals surface area contributed by atoms with Crippen molar-refractivity contribution in [2.24, 2.45) is 0 Å². The minimum atomic E-state index is -0.294. The Morgan fingerprint density at radius 3 is 2.84 bits per heavy atom. The number of carbonyl (C=O) groups is 1. The fraction of sp³-hybridized carbons (Fsp3) is 0.261. The lowest BCUT2D eigenvalue weighted by Crippen LogP contribution is -2.31. The third kappa shape index (κ3) is 4.29. The monoisotopic (exact) mass is 455 g/mol. The van der Waals surface area contributed by atoms with E-state index >= 15 is 0 Å². The summed E-state index contributed by atoms with van der Waals surface area (Å²) in [6.45, 7) is 2.37. The number of ether oxygens (including phenoxy) is 1. The smallest absolute Gasteiger partial charge is 0.307 e. The molecule has 0 radical (unpaired) electrons. The second-order valence-electron chi connectivity index (χ2n) is 7.26. The second-order valence-corrected chi connectivity index (χ2v) is 8.05. The maximum atomic E-state index is 11.8. The molecule has 0 saturated carbocycles. The van der Waals surface area contributed by atoms with Crippen molar-refractivity contribution >= 4 is 34.9 Å². The number of hydrogen-bond donors (Lipinski definition) is 1. The van der Waals surface area contributed by atoms with E-state index in [4.69, 9.17) is 33.0 Å². The lowest BCUT2D eigenvalue weighted by Gasteiger charge is -2.25. The van der Waals surface area contributed by atoms with Gasteiger partial charge < -0.3 is 19.4 Å². The Morgan fingerprint density at radius 1 is 1.26 bits per heavy atom. The third-order valence-electron chi connectivity index (χ3n) is 5.43. The molecule has 0 amide bonds. The average Bonchev–Trinajstić information content (AvgIpc) is 3.39. The van der Waals surface area contributed by atoms with E-state index in [-0.39, 0.29) is 24.5 Å². The van der Waals surface area contributed by atoms with Crippen molar-refractivity contribution in [1.82, 2.24) is 15.2 Å². The number of halogens is 1. The Kier molecular flexibility index (Phi) is 6.25. The quantitative estimate of drug-likeness (QED) is 0.421. The molecule has 1 N–H and O–H groups in total. The second kappa shape index (κ2) is 9.08. The van der Waals surface area contributed by atoms with Crippen LogP contribution in [0.2, 0.25) is 5.02 Å². The highest BCUT2D eigenvalue weighted by Gasteiger charge is 2.41. The number of furan rings is 1. The molecule has 1 aromatic carbocycles. The number of rotatable bonds is 6. The normalized spacial score (nSPS) is 18.2. The Bertz CT molecular complexity index is 1100. The van der Waals surface area contributed by atoms with Crippen LogP contribution in [-0.4, -0.2) is 34.6 Å². The Morgan fingerprint density at radius 2 is 2.10 bits per heavy atom. The van der Waals surface area contributed by atoms with Crippen LogP contribution in [-0.2, 0) is 9.53 Å². The average molecular weight is 456 g/mol. The highest BCUT2D eigenvalue weighted by Crippen LogP contribution is 2.41. The number of methoxy groups -OCH3 is 1. The molecule has 3 aromatic rings. The predicted octanol–water partition coefficient (Wildman–Crippen LogP) is 4.84. The summed E-state index contributed by atoms with van der Waals surface area (Å²) in [5.74, 6) is 1.15. The molecule has 0 bridgehead atoms. The molecule has 1 aliphatic heterocycles. The van der Waals surface area contributed by atoms with Gasteiger partial charge >= 0.3 is 5.97 Å². The maximum Gasteiger partial charge on any atom is 0.307 e. The zero-order valence-corrected chi connectivity index (χ0v) is 18.7. The zero-order valence-electron chi connectivity index (χ0n) is 17.2. The molecule has 6 nitrogen and oxygen atoms in total. The Labute approximate surface area is 191 Å². The van der Waals surface area contributed by atoms with Crippen LogP contribution in [0.4, 0.5) is 0 Å². The number of esters is 1. The Balaban J connectivity index is 1.71. The lowest BCUT2D eigenvalue weighted by atomic mass is 10.0. The van der Waals surface area contributed by atoms with Crippen LogP contribution in [0.1, 0.15) is 35.5 Å². The van der Waals surface area contributed by atoms with Gasteiger partial charge in [0.2, 0.25) is 0 Å². The summed E-state index contributed by atoms with van der Waals surface area (Å²) in [6.07, 6.45) is 1.96. The number of pyridine rings is 1. The van der Waals surface area contributed by atoms with Crippen molar-refractivity contribution in [3.63, 3.8) is 0 Å². The molecule has 4 rings (SSSR count).